The fraction of sp³-hybridized carbons (Fsp3) is 0.800. The molecule has 1 heterocycles. The van der Waals surface area contributed by atoms with Crippen molar-refractivity contribution in [1.82, 2.24) is 4.90 Å². The molecule has 0 unspecified atom stereocenters. The van der Waals surface area contributed by atoms with Crippen LogP contribution in [0.3, 0.4) is 0 Å². The molecule has 0 aromatic carbocycles. The molecule has 9 heavy (non-hydrogen) atoms. The van der Waals surface area contributed by atoms with Crippen LogP contribution >= 0.6 is 36.6 Å². The molecule has 0 amide bonds. The second-order valence-corrected chi connectivity index (χ2v) is 2.19. The van der Waals surface area contributed by atoms with Gasteiger partial charge in [0.2, 0.25) is 0 Å². The quantitative estimate of drug-likeness (QED) is 0.545. The predicted octanol–water partition coefficient (Wildman–Crippen LogP) is 0.878. The van der Waals surface area contributed by atoms with E-state index in [1.165, 1.54) is 0 Å². The Hall–Kier alpha value is 0.550. The first-order valence-electron chi connectivity index (χ1n) is 2.70. The molecule has 54 valence electrons. The Balaban J connectivity index is 0.000000640. The minimum Gasteiger partial charge on any atom is -0.361 e. The highest BCUT2D eigenvalue weighted by molar-refractivity contribution is 14.0. The minimum absolute atomic E-state index is 0. The van der Waals surface area contributed by atoms with Gasteiger partial charge in [-0.15, -0.1) is 24.0 Å². The molecule has 0 radical (unpaired) electrons. The summed E-state index contributed by atoms with van der Waals surface area (Å²) in [4.78, 5) is 6.33. The largest absolute Gasteiger partial charge is 0.361 e. The standard InChI is InChI=1S/C5H10N2S.HI/c1-7-3-2-6-5(7)4-8;/h8H,2-4H2,1H3;1H. The Morgan fingerprint density at radius 1 is 1.78 bits per heavy atom. The summed E-state index contributed by atoms with van der Waals surface area (Å²) >= 11 is 4.10. The van der Waals surface area contributed by atoms with Crippen LogP contribution in [0.5, 0.6) is 0 Å². The van der Waals surface area contributed by atoms with Crippen molar-refractivity contribution in [1.29, 1.82) is 0 Å². The van der Waals surface area contributed by atoms with E-state index in [-0.39, 0.29) is 24.0 Å². The number of likely N-dealkylation sites (N-methyl/N-ethyl adjacent to an activating group) is 1. The van der Waals surface area contributed by atoms with Crippen molar-refractivity contribution in [3.05, 3.63) is 0 Å². The molecule has 2 nitrogen and oxygen atoms in total. The summed E-state index contributed by atoms with van der Waals surface area (Å²) in [6.07, 6.45) is 0. The molecule has 4 heteroatoms. The topological polar surface area (TPSA) is 15.6 Å². The SMILES string of the molecule is CN1CCN=C1CS.I. The number of nitrogens with zero attached hydrogens (tertiary/aromatic N) is 2. The highest BCUT2D eigenvalue weighted by Crippen LogP contribution is 1.98. The molecule has 1 aliphatic heterocycles. The molecule has 1 aliphatic rings. The highest BCUT2D eigenvalue weighted by atomic mass is 127. The summed E-state index contributed by atoms with van der Waals surface area (Å²) in [6.45, 7) is 2.02. The first-order valence-corrected chi connectivity index (χ1v) is 3.33. The van der Waals surface area contributed by atoms with Crippen molar-refractivity contribution >= 4 is 42.4 Å². The van der Waals surface area contributed by atoms with Gasteiger partial charge in [0.25, 0.3) is 0 Å². The molecule has 0 N–H and O–H groups in total. The number of aliphatic imine (C=N–C) groups is 1. The van der Waals surface area contributed by atoms with Gasteiger partial charge in [-0.1, -0.05) is 0 Å². The third kappa shape index (κ3) is 2.33. The maximum absolute atomic E-state index is 4.20. The monoisotopic (exact) mass is 258 g/mol. The number of thiol groups is 1. The van der Waals surface area contributed by atoms with E-state index in [4.69, 9.17) is 0 Å². The Morgan fingerprint density at radius 3 is 2.67 bits per heavy atom. The zero-order valence-electron chi connectivity index (χ0n) is 5.37. The molecular formula is C5H11IN2S. The lowest BCUT2D eigenvalue weighted by Crippen LogP contribution is -2.23. The minimum atomic E-state index is 0. The van der Waals surface area contributed by atoms with Crippen LogP contribution < -0.4 is 0 Å². The molecule has 0 saturated heterocycles. The molecule has 0 atom stereocenters. The molecule has 0 spiro atoms. The summed E-state index contributed by atoms with van der Waals surface area (Å²) in [5, 5.41) is 0. The molecular weight excluding hydrogens is 247 g/mol. The van der Waals surface area contributed by atoms with Crippen LogP contribution in [-0.2, 0) is 0 Å². The average Bonchev–Trinajstić information content (AvgIpc) is 2.14. The summed E-state index contributed by atoms with van der Waals surface area (Å²) in [5.74, 6) is 1.89. The van der Waals surface area contributed by atoms with Gasteiger partial charge in [-0.3, -0.25) is 4.99 Å². The van der Waals surface area contributed by atoms with Crippen LogP contribution in [-0.4, -0.2) is 36.6 Å². The average molecular weight is 258 g/mol. The summed E-state index contributed by atoms with van der Waals surface area (Å²) in [5.41, 5.74) is 0. The second kappa shape index (κ2) is 4.38. The van der Waals surface area contributed by atoms with E-state index in [2.05, 4.69) is 22.5 Å². The van der Waals surface area contributed by atoms with Gasteiger partial charge >= 0.3 is 0 Å². The third-order valence-electron chi connectivity index (χ3n) is 1.31. The van der Waals surface area contributed by atoms with Crippen molar-refractivity contribution in [3.8, 4) is 0 Å². The molecule has 0 aromatic rings. The lowest BCUT2D eigenvalue weighted by Gasteiger charge is -2.09. The Morgan fingerprint density at radius 2 is 2.44 bits per heavy atom. The van der Waals surface area contributed by atoms with Crippen molar-refractivity contribution in [2.45, 2.75) is 0 Å². The summed E-state index contributed by atoms with van der Waals surface area (Å²) in [7, 11) is 2.04. The van der Waals surface area contributed by atoms with Crippen molar-refractivity contribution < 1.29 is 0 Å². The molecule has 0 aliphatic carbocycles. The number of amidine groups is 1. The maximum Gasteiger partial charge on any atom is 0.109 e. The van der Waals surface area contributed by atoms with Crippen LogP contribution in [0.2, 0.25) is 0 Å². The van der Waals surface area contributed by atoms with Crippen LogP contribution in [0.4, 0.5) is 0 Å². The van der Waals surface area contributed by atoms with E-state index in [1.807, 2.05) is 7.05 Å². The lowest BCUT2D eigenvalue weighted by atomic mass is 10.6. The maximum atomic E-state index is 4.20. The first-order chi connectivity index (χ1) is 3.84. The van der Waals surface area contributed by atoms with E-state index in [0.717, 1.165) is 24.7 Å². The number of rotatable bonds is 1. The normalized spacial score (nSPS) is 17.1. The summed E-state index contributed by atoms with van der Waals surface area (Å²) < 4.78 is 0. The van der Waals surface area contributed by atoms with E-state index >= 15 is 0 Å². The van der Waals surface area contributed by atoms with Crippen LogP contribution in [0.25, 0.3) is 0 Å². The highest BCUT2D eigenvalue weighted by Gasteiger charge is 2.08. The van der Waals surface area contributed by atoms with Gasteiger partial charge in [-0.25, -0.2) is 0 Å². The Labute approximate surface area is 78.1 Å². The van der Waals surface area contributed by atoms with Crippen molar-refractivity contribution in [2.24, 2.45) is 4.99 Å². The van der Waals surface area contributed by atoms with E-state index in [0.29, 0.717) is 0 Å². The zero-order chi connectivity index (χ0) is 5.98. The van der Waals surface area contributed by atoms with Gasteiger partial charge in [0, 0.05) is 19.3 Å². The number of hydrogen-bond donors (Lipinski definition) is 1. The molecule has 0 aromatic heterocycles. The van der Waals surface area contributed by atoms with Crippen LogP contribution in [0, 0.1) is 0 Å². The van der Waals surface area contributed by atoms with Gasteiger partial charge in [-0.05, 0) is 0 Å². The third-order valence-corrected chi connectivity index (χ3v) is 1.59. The Bertz CT molecular complexity index is 116. The van der Waals surface area contributed by atoms with Gasteiger partial charge < -0.3 is 4.90 Å². The predicted molar refractivity (Wildman–Crippen MR) is 54.2 cm³/mol. The van der Waals surface area contributed by atoms with Crippen LogP contribution in [0.15, 0.2) is 4.99 Å². The Kier molecular flexibility index (Phi) is 4.65. The van der Waals surface area contributed by atoms with E-state index < -0.39 is 0 Å². The first kappa shape index (κ1) is 9.55. The van der Waals surface area contributed by atoms with E-state index in [9.17, 15) is 0 Å². The zero-order valence-corrected chi connectivity index (χ0v) is 8.60. The smallest absolute Gasteiger partial charge is 0.109 e. The summed E-state index contributed by atoms with van der Waals surface area (Å²) in [6, 6.07) is 0. The van der Waals surface area contributed by atoms with Gasteiger partial charge in [0.15, 0.2) is 0 Å². The lowest BCUT2D eigenvalue weighted by molar-refractivity contribution is 0.554. The van der Waals surface area contributed by atoms with Gasteiger partial charge in [0.05, 0.1) is 6.54 Å². The fourth-order valence-electron chi connectivity index (χ4n) is 0.750. The van der Waals surface area contributed by atoms with E-state index in [1.54, 1.807) is 0 Å². The molecule has 0 bridgehead atoms. The number of hydrogen-bond acceptors (Lipinski definition) is 3. The van der Waals surface area contributed by atoms with Gasteiger partial charge in [0.1, 0.15) is 5.84 Å². The van der Waals surface area contributed by atoms with Crippen molar-refractivity contribution in [3.63, 3.8) is 0 Å². The van der Waals surface area contributed by atoms with Crippen molar-refractivity contribution in [2.75, 3.05) is 25.9 Å². The fourth-order valence-corrected chi connectivity index (χ4v) is 1.09. The van der Waals surface area contributed by atoms with Crippen LogP contribution in [0.1, 0.15) is 0 Å². The second-order valence-electron chi connectivity index (χ2n) is 1.88. The molecule has 1 rings (SSSR count). The molecule has 0 saturated carbocycles. The molecule has 0 fully saturated rings. The number of halogens is 1. The van der Waals surface area contributed by atoms with Gasteiger partial charge in [-0.2, -0.15) is 12.6 Å².